The summed E-state index contributed by atoms with van der Waals surface area (Å²) >= 11 is 0. The highest BCUT2D eigenvalue weighted by Crippen LogP contribution is 2.24. The topological polar surface area (TPSA) is 27.7 Å². The van der Waals surface area contributed by atoms with E-state index in [1.165, 1.54) is 14.2 Å². The highest BCUT2D eigenvalue weighted by atomic mass is 28.3. The number of rotatable bonds is 7. The van der Waals surface area contributed by atoms with Crippen molar-refractivity contribution in [2.75, 3.05) is 20.8 Å². The molecule has 0 atom stereocenters. The average molecular weight is 342 g/mol. The van der Waals surface area contributed by atoms with E-state index in [2.05, 4.69) is 0 Å². The lowest BCUT2D eigenvalue weighted by molar-refractivity contribution is 0.137. The van der Waals surface area contributed by atoms with E-state index in [0.29, 0.717) is 18.6 Å². The molecule has 0 aromatic heterocycles. The van der Waals surface area contributed by atoms with Crippen molar-refractivity contribution in [1.29, 1.82) is 0 Å². The van der Waals surface area contributed by atoms with Crippen LogP contribution in [-0.4, -0.2) is 30.4 Å². The van der Waals surface area contributed by atoms with E-state index in [1.54, 1.807) is 12.1 Å². The van der Waals surface area contributed by atoms with Crippen molar-refractivity contribution >= 4 is 9.53 Å². The van der Waals surface area contributed by atoms with Gasteiger partial charge >= 0.3 is 9.53 Å². The summed E-state index contributed by atoms with van der Waals surface area (Å²) in [5, 5.41) is 0. The molecule has 2 aromatic carbocycles. The van der Waals surface area contributed by atoms with Gasteiger partial charge in [0, 0.05) is 20.8 Å². The number of hydrogen-bond acceptors (Lipinski definition) is 3. The molecule has 0 bridgehead atoms. The van der Waals surface area contributed by atoms with Crippen molar-refractivity contribution in [1.82, 2.24) is 0 Å². The van der Waals surface area contributed by atoms with Crippen LogP contribution < -0.4 is 0 Å². The highest BCUT2D eigenvalue weighted by molar-refractivity contribution is 6.36. The van der Waals surface area contributed by atoms with Gasteiger partial charge in [0.1, 0.15) is 0 Å². The third kappa shape index (κ3) is 4.65. The van der Waals surface area contributed by atoms with E-state index in [9.17, 15) is 13.2 Å². The van der Waals surface area contributed by atoms with Crippen LogP contribution in [0, 0.1) is 17.5 Å². The summed E-state index contributed by atoms with van der Waals surface area (Å²) in [6, 6.07) is 9.06. The van der Waals surface area contributed by atoms with Crippen molar-refractivity contribution < 1.29 is 26.4 Å². The van der Waals surface area contributed by atoms with Gasteiger partial charge in [-0.25, -0.2) is 13.2 Å². The van der Waals surface area contributed by atoms with Crippen molar-refractivity contribution in [2.45, 2.75) is 6.42 Å². The molecule has 0 aliphatic rings. The van der Waals surface area contributed by atoms with Crippen molar-refractivity contribution in [3.8, 4) is 11.1 Å². The average Bonchev–Trinajstić information content (AvgIpc) is 2.57. The van der Waals surface area contributed by atoms with E-state index in [-0.39, 0.29) is 5.56 Å². The molecule has 0 heterocycles. The predicted octanol–water partition coefficient (Wildman–Crippen LogP) is 3.34. The van der Waals surface area contributed by atoms with Gasteiger partial charge in [0.15, 0.2) is 17.5 Å². The monoisotopic (exact) mass is 342 g/mol. The van der Waals surface area contributed by atoms with Crippen LogP contribution in [0.25, 0.3) is 11.1 Å². The van der Waals surface area contributed by atoms with E-state index in [1.807, 2.05) is 12.1 Å². The van der Waals surface area contributed by atoms with Gasteiger partial charge in [0.25, 0.3) is 0 Å². The number of hydrogen-bond donors (Lipinski definition) is 0. The predicted molar refractivity (Wildman–Crippen MR) is 82.6 cm³/mol. The smallest absolute Gasteiger partial charge is 0.379 e. The molecule has 0 spiro atoms. The minimum Gasteiger partial charge on any atom is -0.379 e. The van der Waals surface area contributed by atoms with Crippen LogP contribution in [0.4, 0.5) is 13.2 Å². The molecule has 124 valence electrons. The number of benzene rings is 2. The Morgan fingerprint density at radius 1 is 0.870 bits per heavy atom. The van der Waals surface area contributed by atoms with Crippen LogP contribution in [0.15, 0.2) is 36.4 Å². The molecule has 0 radical (unpaired) electrons. The van der Waals surface area contributed by atoms with Crippen LogP contribution in [0.3, 0.4) is 0 Å². The molecular formula is C16H17F3O3Si. The van der Waals surface area contributed by atoms with Gasteiger partial charge in [-0.1, -0.05) is 24.3 Å². The molecule has 0 amide bonds. The summed E-state index contributed by atoms with van der Waals surface area (Å²) in [7, 11) is 1.05. The van der Waals surface area contributed by atoms with E-state index in [0.717, 1.165) is 17.7 Å². The van der Waals surface area contributed by atoms with Gasteiger partial charge in [-0.2, -0.15) is 0 Å². The van der Waals surface area contributed by atoms with E-state index in [4.69, 9.17) is 13.3 Å². The van der Waals surface area contributed by atoms with Crippen LogP contribution in [0.5, 0.6) is 0 Å². The first kappa shape index (κ1) is 17.7. The van der Waals surface area contributed by atoms with E-state index >= 15 is 0 Å². The molecule has 7 heteroatoms. The Morgan fingerprint density at radius 3 is 1.96 bits per heavy atom. The molecule has 2 rings (SSSR count). The molecule has 0 N–H and O–H groups in total. The first-order valence-electron chi connectivity index (χ1n) is 6.96. The molecule has 0 aliphatic heterocycles. The molecule has 0 aliphatic carbocycles. The lowest BCUT2D eigenvalue weighted by atomic mass is 10.0. The Kier molecular flexibility index (Phi) is 6.34. The Labute approximate surface area is 134 Å². The maximum atomic E-state index is 13.3. The zero-order valence-corrected chi connectivity index (χ0v) is 14.0. The molecule has 0 unspecified atom stereocenters. The first-order chi connectivity index (χ1) is 11.0. The molecule has 0 saturated carbocycles. The first-order valence-corrected chi connectivity index (χ1v) is 8.37. The van der Waals surface area contributed by atoms with Gasteiger partial charge in [0.2, 0.25) is 0 Å². The van der Waals surface area contributed by atoms with Crippen molar-refractivity contribution in [3.05, 3.63) is 59.4 Å². The van der Waals surface area contributed by atoms with Crippen LogP contribution >= 0.6 is 0 Å². The van der Waals surface area contributed by atoms with E-state index < -0.39 is 27.0 Å². The summed E-state index contributed by atoms with van der Waals surface area (Å²) in [5.41, 5.74) is 1.89. The Bertz CT molecular complexity index is 623. The second-order valence-electron chi connectivity index (χ2n) is 4.83. The molecule has 0 saturated heterocycles. The second-order valence-corrected chi connectivity index (χ2v) is 6.69. The van der Waals surface area contributed by atoms with Gasteiger partial charge in [-0.15, -0.1) is 0 Å². The molecule has 2 aromatic rings. The minimum atomic E-state index is -2.03. The summed E-state index contributed by atoms with van der Waals surface area (Å²) in [4.78, 5) is 0. The lowest BCUT2D eigenvalue weighted by Crippen LogP contribution is -2.24. The van der Waals surface area contributed by atoms with Gasteiger partial charge < -0.3 is 13.3 Å². The third-order valence-electron chi connectivity index (χ3n) is 3.30. The normalized spacial score (nSPS) is 11.2. The number of halogens is 3. The zero-order valence-electron chi connectivity index (χ0n) is 12.8. The Morgan fingerprint density at radius 2 is 1.43 bits per heavy atom. The van der Waals surface area contributed by atoms with Crippen molar-refractivity contribution in [3.63, 3.8) is 0 Å². The fourth-order valence-corrected chi connectivity index (χ4v) is 2.87. The van der Waals surface area contributed by atoms with Gasteiger partial charge in [-0.3, -0.25) is 0 Å². The highest BCUT2D eigenvalue weighted by Gasteiger charge is 2.12. The maximum absolute atomic E-state index is 13.3. The third-order valence-corrected chi connectivity index (χ3v) is 4.58. The Hall–Kier alpha value is -1.67. The second kappa shape index (κ2) is 8.26. The fourth-order valence-electron chi connectivity index (χ4n) is 2.09. The molecule has 3 nitrogen and oxygen atoms in total. The lowest BCUT2D eigenvalue weighted by Gasteiger charge is -2.11. The minimum absolute atomic E-state index is 0.287. The SMILES string of the molecule is CO[SiH](OC)OCCc1ccc(-c2cc(F)c(F)c(F)c2)cc1. The quantitative estimate of drug-likeness (QED) is 0.571. The summed E-state index contributed by atoms with van der Waals surface area (Å²) < 4.78 is 55.0. The largest absolute Gasteiger partial charge is 0.483 e. The fraction of sp³-hybridized carbons (Fsp3) is 0.250. The van der Waals surface area contributed by atoms with Gasteiger partial charge in [-0.05, 0) is 35.2 Å². The molecule has 23 heavy (non-hydrogen) atoms. The summed E-state index contributed by atoms with van der Waals surface area (Å²) in [6.07, 6.45) is 0.655. The van der Waals surface area contributed by atoms with Crippen molar-refractivity contribution in [2.24, 2.45) is 0 Å². The maximum Gasteiger partial charge on any atom is 0.483 e. The Balaban J connectivity index is 2.02. The molecular weight excluding hydrogens is 325 g/mol. The summed E-state index contributed by atoms with van der Waals surface area (Å²) in [5.74, 6) is -3.86. The van der Waals surface area contributed by atoms with Crippen LogP contribution in [0.1, 0.15) is 5.56 Å². The zero-order chi connectivity index (χ0) is 16.8. The molecule has 0 fully saturated rings. The van der Waals surface area contributed by atoms with Crippen LogP contribution in [-0.2, 0) is 19.7 Å². The standard InChI is InChI=1S/C16H17F3O3Si/c1-20-23(21-2)22-8-7-11-3-5-12(6-4-11)13-9-14(17)16(19)15(18)10-13/h3-6,9-10,23H,7-8H2,1-2H3. The van der Waals surface area contributed by atoms with Gasteiger partial charge in [0.05, 0.1) is 0 Å². The van der Waals surface area contributed by atoms with Crippen LogP contribution in [0.2, 0.25) is 0 Å². The summed E-state index contributed by atoms with van der Waals surface area (Å²) in [6.45, 7) is 0.456.